The Labute approximate surface area is 302 Å². The van der Waals surface area contributed by atoms with E-state index < -0.39 is 0 Å². The molecule has 0 aliphatic carbocycles. The van der Waals surface area contributed by atoms with Gasteiger partial charge in [-0.05, 0) is 28.0 Å². The molecular weight excluding hydrogens is 635 g/mol. The van der Waals surface area contributed by atoms with Gasteiger partial charge in [0.2, 0.25) is 0 Å². The fourth-order valence-corrected chi connectivity index (χ4v) is 6.57. The zero-order valence-electron chi connectivity index (χ0n) is 28.1. The molecule has 0 N–H and O–H groups in total. The molecule has 0 fully saturated rings. The number of rotatable bonds is 7. The summed E-state index contributed by atoms with van der Waals surface area (Å²) in [4.78, 5) is 24.8. The Morgan fingerprint density at radius 2 is 0.577 bits per heavy atom. The molecule has 0 saturated heterocycles. The topological polar surface area (TPSA) is 64.5 Å². The summed E-state index contributed by atoms with van der Waals surface area (Å²) in [6, 6.07) is 64.1. The standard InChI is InChI=1S/C47H31N5/c1-5-15-33(16-6-1)42-31-43(49-44(48-42)34-17-7-2-8-18-34)41-30-29-38(39-23-13-14-24-40(39)41)32-25-27-37(28-26-32)47-51-45(35-19-9-3-10-20-35)50-46(52-47)36-21-11-4-12-22-36/h1-31H. The summed E-state index contributed by atoms with van der Waals surface area (Å²) in [6.07, 6.45) is 0. The lowest BCUT2D eigenvalue weighted by Crippen LogP contribution is -2.00. The molecule has 2 heterocycles. The second-order valence-corrected chi connectivity index (χ2v) is 12.5. The second kappa shape index (κ2) is 13.7. The van der Waals surface area contributed by atoms with Crippen LogP contribution in [0.1, 0.15) is 0 Å². The van der Waals surface area contributed by atoms with Crippen molar-refractivity contribution in [3.8, 4) is 79.2 Å². The first-order valence-electron chi connectivity index (χ1n) is 17.3. The van der Waals surface area contributed by atoms with Crippen LogP contribution in [0.4, 0.5) is 0 Å². The SMILES string of the molecule is c1ccc(-c2cc(-c3ccc(-c4ccc(-c5nc(-c6ccccc6)nc(-c6ccccc6)n5)cc4)c4ccccc34)nc(-c3ccccc3)n2)cc1. The van der Waals surface area contributed by atoms with Gasteiger partial charge >= 0.3 is 0 Å². The van der Waals surface area contributed by atoms with Crippen LogP contribution in [-0.4, -0.2) is 24.9 Å². The van der Waals surface area contributed by atoms with E-state index in [-0.39, 0.29) is 0 Å². The maximum atomic E-state index is 5.12. The average Bonchev–Trinajstić information content (AvgIpc) is 3.24. The van der Waals surface area contributed by atoms with Gasteiger partial charge in [-0.25, -0.2) is 24.9 Å². The first-order valence-corrected chi connectivity index (χ1v) is 17.3. The third-order valence-corrected chi connectivity index (χ3v) is 9.18. The van der Waals surface area contributed by atoms with E-state index in [1.807, 2.05) is 97.1 Å². The molecule has 7 aromatic carbocycles. The molecule has 0 bridgehead atoms. The van der Waals surface area contributed by atoms with Crippen molar-refractivity contribution in [2.24, 2.45) is 0 Å². The summed E-state index contributed by atoms with van der Waals surface area (Å²) in [5, 5.41) is 2.27. The molecule has 0 saturated carbocycles. The molecule has 0 amide bonds. The fraction of sp³-hybridized carbons (Fsp3) is 0. The van der Waals surface area contributed by atoms with Crippen LogP contribution in [0.25, 0.3) is 90.0 Å². The summed E-state index contributed by atoms with van der Waals surface area (Å²) >= 11 is 0. The minimum absolute atomic E-state index is 0.631. The summed E-state index contributed by atoms with van der Waals surface area (Å²) in [5.74, 6) is 2.62. The summed E-state index contributed by atoms with van der Waals surface area (Å²) in [5.41, 5.74) is 9.90. The van der Waals surface area contributed by atoms with Crippen molar-refractivity contribution in [1.82, 2.24) is 24.9 Å². The monoisotopic (exact) mass is 665 g/mol. The van der Waals surface area contributed by atoms with Gasteiger partial charge in [-0.1, -0.05) is 182 Å². The van der Waals surface area contributed by atoms with Gasteiger partial charge in [-0.2, -0.15) is 0 Å². The lowest BCUT2D eigenvalue weighted by atomic mass is 9.93. The van der Waals surface area contributed by atoms with E-state index in [1.165, 1.54) is 0 Å². The van der Waals surface area contributed by atoms with E-state index in [0.29, 0.717) is 23.3 Å². The van der Waals surface area contributed by atoms with E-state index in [9.17, 15) is 0 Å². The van der Waals surface area contributed by atoms with Gasteiger partial charge in [0, 0.05) is 33.4 Å². The maximum Gasteiger partial charge on any atom is 0.164 e. The van der Waals surface area contributed by atoms with Gasteiger partial charge in [0.1, 0.15) is 0 Å². The zero-order valence-corrected chi connectivity index (χ0v) is 28.1. The van der Waals surface area contributed by atoms with Crippen LogP contribution >= 0.6 is 0 Å². The highest BCUT2D eigenvalue weighted by Gasteiger charge is 2.16. The maximum absolute atomic E-state index is 5.12. The van der Waals surface area contributed by atoms with Crippen LogP contribution < -0.4 is 0 Å². The summed E-state index contributed by atoms with van der Waals surface area (Å²) < 4.78 is 0. The number of hydrogen-bond donors (Lipinski definition) is 0. The van der Waals surface area contributed by atoms with Crippen molar-refractivity contribution in [3.63, 3.8) is 0 Å². The first kappa shape index (κ1) is 30.9. The third-order valence-electron chi connectivity index (χ3n) is 9.18. The molecule has 52 heavy (non-hydrogen) atoms. The molecule has 244 valence electrons. The Morgan fingerprint density at radius 3 is 1.08 bits per heavy atom. The van der Waals surface area contributed by atoms with Crippen LogP contribution in [-0.2, 0) is 0 Å². The van der Waals surface area contributed by atoms with E-state index in [4.69, 9.17) is 24.9 Å². The highest BCUT2D eigenvalue weighted by molar-refractivity contribution is 6.04. The molecule has 5 nitrogen and oxygen atoms in total. The van der Waals surface area contributed by atoms with E-state index in [0.717, 1.165) is 66.7 Å². The zero-order chi connectivity index (χ0) is 34.7. The van der Waals surface area contributed by atoms with Gasteiger partial charge in [0.15, 0.2) is 23.3 Å². The van der Waals surface area contributed by atoms with Crippen LogP contribution in [0.5, 0.6) is 0 Å². The van der Waals surface area contributed by atoms with E-state index in [2.05, 4.69) is 91.0 Å². The lowest BCUT2D eigenvalue weighted by molar-refractivity contribution is 1.07. The van der Waals surface area contributed by atoms with Gasteiger partial charge in [-0.15, -0.1) is 0 Å². The van der Waals surface area contributed by atoms with E-state index >= 15 is 0 Å². The molecule has 0 aliphatic heterocycles. The molecule has 9 aromatic rings. The van der Waals surface area contributed by atoms with Gasteiger partial charge in [-0.3, -0.25) is 0 Å². The molecular formula is C47H31N5. The highest BCUT2D eigenvalue weighted by Crippen LogP contribution is 2.37. The number of benzene rings is 7. The minimum atomic E-state index is 0.631. The van der Waals surface area contributed by atoms with Gasteiger partial charge in [0.25, 0.3) is 0 Å². The molecule has 0 atom stereocenters. The van der Waals surface area contributed by atoms with Crippen molar-refractivity contribution < 1.29 is 0 Å². The minimum Gasteiger partial charge on any atom is -0.228 e. The molecule has 0 radical (unpaired) electrons. The molecule has 9 rings (SSSR count). The number of nitrogens with zero attached hydrogens (tertiary/aromatic N) is 5. The predicted molar refractivity (Wildman–Crippen MR) is 211 cm³/mol. The quantitative estimate of drug-likeness (QED) is 0.169. The van der Waals surface area contributed by atoms with Crippen molar-refractivity contribution in [2.75, 3.05) is 0 Å². The van der Waals surface area contributed by atoms with Crippen LogP contribution in [0.3, 0.4) is 0 Å². The average molecular weight is 666 g/mol. The van der Waals surface area contributed by atoms with Gasteiger partial charge in [0.05, 0.1) is 11.4 Å². The molecule has 2 aromatic heterocycles. The van der Waals surface area contributed by atoms with Crippen molar-refractivity contribution in [1.29, 1.82) is 0 Å². The van der Waals surface area contributed by atoms with Crippen molar-refractivity contribution >= 4 is 10.8 Å². The predicted octanol–water partition coefficient (Wildman–Crippen LogP) is 11.5. The Balaban J connectivity index is 1.13. The Hall–Kier alpha value is -7.11. The van der Waals surface area contributed by atoms with Crippen LogP contribution in [0.15, 0.2) is 188 Å². The Bertz CT molecular complexity index is 2530. The number of fused-ring (bicyclic) bond motifs is 1. The Morgan fingerprint density at radius 1 is 0.231 bits per heavy atom. The molecule has 0 spiro atoms. The van der Waals surface area contributed by atoms with E-state index in [1.54, 1.807) is 0 Å². The van der Waals surface area contributed by atoms with Crippen LogP contribution in [0.2, 0.25) is 0 Å². The molecule has 5 heteroatoms. The lowest BCUT2D eigenvalue weighted by Gasteiger charge is -2.14. The second-order valence-electron chi connectivity index (χ2n) is 12.5. The van der Waals surface area contributed by atoms with Crippen molar-refractivity contribution in [3.05, 3.63) is 188 Å². The number of aromatic nitrogens is 5. The smallest absolute Gasteiger partial charge is 0.164 e. The number of hydrogen-bond acceptors (Lipinski definition) is 5. The van der Waals surface area contributed by atoms with Crippen molar-refractivity contribution in [2.45, 2.75) is 0 Å². The third kappa shape index (κ3) is 6.12. The largest absolute Gasteiger partial charge is 0.228 e. The summed E-state index contributed by atoms with van der Waals surface area (Å²) in [7, 11) is 0. The van der Waals surface area contributed by atoms with Crippen LogP contribution in [0, 0.1) is 0 Å². The molecule has 0 unspecified atom stereocenters. The Kier molecular flexibility index (Phi) is 8.12. The normalized spacial score (nSPS) is 11.1. The highest BCUT2D eigenvalue weighted by atomic mass is 15.0. The molecule has 0 aliphatic rings. The first-order chi connectivity index (χ1) is 25.8. The summed E-state index contributed by atoms with van der Waals surface area (Å²) in [6.45, 7) is 0. The fourth-order valence-electron chi connectivity index (χ4n) is 6.57. The van der Waals surface area contributed by atoms with Gasteiger partial charge < -0.3 is 0 Å².